The van der Waals surface area contributed by atoms with Crippen LogP contribution in [-0.4, -0.2) is 59.2 Å². The lowest BCUT2D eigenvalue weighted by Crippen LogP contribution is -2.66. The van der Waals surface area contributed by atoms with Crippen LogP contribution in [0.5, 0.6) is 0 Å². The molecule has 2 fully saturated rings. The van der Waals surface area contributed by atoms with E-state index in [4.69, 9.17) is 0 Å². The molecule has 0 N–H and O–H groups in total. The van der Waals surface area contributed by atoms with Gasteiger partial charge < -0.3 is 14.7 Å². The van der Waals surface area contributed by atoms with Crippen LogP contribution in [0.15, 0.2) is 36.9 Å². The SMILES string of the molecule is C=CC(=O)N1CCCC(C(=O)N2CCN(c3ccc(F)cc3)C(=O)C2(C)C)C1. The molecule has 3 amide bonds. The maximum atomic E-state index is 13.2. The van der Waals surface area contributed by atoms with Crippen LogP contribution in [0.2, 0.25) is 0 Å². The molecule has 150 valence electrons. The fourth-order valence-electron chi connectivity index (χ4n) is 4.01. The maximum absolute atomic E-state index is 13.2. The third-order valence-corrected chi connectivity index (χ3v) is 5.65. The molecule has 2 saturated heterocycles. The van der Waals surface area contributed by atoms with E-state index in [1.165, 1.54) is 18.2 Å². The number of likely N-dealkylation sites (tertiary alicyclic amines) is 1. The molecule has 7 heteroatoms. The van der Waals surface area contributed by atoms with Gasteiger partial charge in [0.25, 0.3) is 5.91 Å². The van der Waals surface area contributed by atoms with Crippen molar-refractivity contribution in [2.24, 2.45) is 5.92 Å². The molecule has 6 nitrogen and oxygen atoms in total. The number of amides is 3. The molecule has 0 saturated carbocycles. The third kappa shape index (κ3) is 3.66. The first-order valence-electron chi connectivity index (χ1n) is 9.56. The van der Waals surface area contributed by atoms with E-state index in [2.05, 4.69) is 6.58 Å². The van der Waals surface area contributed by atoms with Gasteiger partial charge >= 0.3 is 0 Å². The summed E-state index contributed by atoms with van der Waals surface area (Å²) in [7, 11) is 0. The summed E-state index contributed by atoms with van der Waals surface area (Å²) in [6.07, 6.45) is 2.71. The Bertz CT molecular complexity index is 791. The zero-order valence-electron chi connectivity index (χ0n) is 16.4. The van der Waals surface area contributed by atoms with Crippen LogP contribution in [0.4, 0.5) is 10.1 Å². The standard InChI is InChI=1S/C21H26FN3O3/c1-4-18(26)23-11-5-6-15(14-23)19(27)25-13-12-24(20(28)21(25,2)3)17-9-7-16(22)8-10-17/h4,7-10,15H,1,5-6,11-14H2,2-3H3. The minimum Gasteiger partial charge on any atom is -0.338 e. The molecule has 2 aliphatic heterocycles. The Kier molecular flexibility index (Phi) is 5.54. The molecule has 1 aromatic carbocycles. The lowest BCUT2D eigenvalue weighted by atomic mass is 9.91. The molecule has 1 aromatic rings. The zero-order valence-corrected chi connectivity index (χ0v) is 16.4. The molecule has 28 heavy (non-hydrogen) atoms. The van der Waals surface area contributed by atoms with Crippen LogP contribution in [0.3, 0.4) is 0 Å². The zero-order chi connectivity index (χ0) is 20.5. The molecule has 2 aliphatic rings. The highest BCUT2D eigenvalue weighted by Crippen LogP contribution is 2.30. The van der Waals surface area contributed by atoms with Crippen molar-refractivity contribution in [1.29, 1.82) is 0 Å². The highest BCUT2D eigenvalue weighted by atomic mass is 19.1. The summed E-state index contributed by atoms with van der Waals surface area (Å²) in [6.45, 7) is 8.69. The molecule has 0 spiro atoms. The summed E-state index contributed by atoms with van der Waals surface area (Å²) in [6, 6.07) is 5.78. The Labute approximate surface area is 164 Å². The minimum atomic E-state index is -1.02. The minimum absolute atomic E-state index is 0.0985. The van der Waals surface area contributed by atoms with E-state index in [0.717, 1.165) is 6.42 Å². The van der Waals surface area contributed by atoms with E-state index < -0.39 is 5.54 Å². The summed E-state index contributed by atoms with van der Waals surface area (Å²) in [4.78, 5) is 43.1. The van der Waals surface area contributed by atoms with Crippen molar-refractivity contribution in [3.8, 4) is 0 Å². The van der Waals surface area contributed by atoms with E-state index in [0.29, 0.717) is 38.3 Å². The van der Waals surface area contributed by atoms with E-state index in [9.17, 15) is 18.8 Å². The Morgan fingerprint density at radius 3 is 2.50 bits per heavy atom. The van der Waals surface area contributed by atoms with Crippen molar-refractivity contribution in [1.82, 2.24) is 9.80 Å². The number of nitrogens with zero attached hydrogens (tertiary/aromatic N) is 3. The summed E-state index contributed by atoms with van der Waals surface area (Å²) in [5, 5.41) is 0. The number of anilines is 1. The van der Waals surface area contributed by atoms with Gasteiger partial charge in [-0.1, -0.05) is 6.58 Å². The Hall–Kier alpha value is -2.70. The number of halogens is 1. The van der Waals surface area contributed by atoms with Crippen LogP contribution in [0.25, 0.3) is 0 Å². The molecule has 0 aliphatic carbocycles. The van der Waals surface area contributed by atoms with E-state index in [-0.39, 0.29) is 29.5 Å². The summed E-state index contributed by atoms with van der Waals surface area (Å²) >= 11 is 0. The lowest BCUT2D eigenvalue weighted by Gasteiger charge is -2.47. The van der Waals surface area contributed by atoms with Gasteiger partial charge in [0.05, 0.1) is 5.92 Å². The first-order chi connectivity index (χ1) is 13.3. The molecule has 2 heterocycles. The van der Waals surface area contributed by atoms with Crippen molar-refractivity contribution in [2.45, 2.75) is 32.2 Å². The van der Waals surface area contributed by atoms with Crippen molar-refractivity contribution < 1.29 is 18.8 Å². The summed E-state index contributed by atoms with van der Waals surface area (Å²) in [5.41, 5.74) is -0.402. The Morgan fingerprint density at radius 2 is 1.86 bits per heavy atom. The van der Waals surface area contributed by atoms with E-state index in [1.807, 2.05) is 0 Å². The van der Waals surface area contributed by atoms with Gasteiger partial charge in [-0.25, -0.2) is 4.39 Å². The average molecular weight is 387 g/mol. The van der Waals surface area contributed by atoms with Crippen molar-refractivity contribution >= 4 is 23.4 Å². The second-order valence-electron chi connectivity index (χ2n) is 7.81. The van der Waals surface area contributed by atoms with Crippen LogP contribution in [0.1, 0.15) is 26.7 Å². The fraction of sp³-hybridized carbons (Fsp3) is 0.476. The summed E-state index contributed by atoms with van der Waals surface area (Å²) in [5.74, 6) is -1.15. The number of hydrogen-bond donors (Lipinski definition) is 0. The Balaban J connectivity index is 1.75. The smallest absolute Gasteiger partial charge is 0.252 e. The number of carbonyl (C=O) groups is 3. The monoisotopic (exact) mass is 387 g/mol. The quantitative estimate of drug-likeness (QED) is 0.747. The maximum Gasteiger partial charge on any atom is 0.252 e. The van der Waals surface area contributed by atoms with Gasteiger partial charge in [0.15, 0.2) is 0 Å². The van der Waals surface area contributed by atoms with Gasteiger partial charge in [-0.2, -0.15) is 0 Å². The number of benzene rings is 1. The highest BCUT2D eigenvalue weighted by molar-refractivity contribution is 6.03. The normalized spacial score (nSPS) is 22.2. The van der Waals surface area contributed by atoms with Gasteiger partial charge in [0, 0.05) is 31.9 Å². The van der Waals surface area contributed by atoms with Crippen LogP contribution in [-0.2, 0) is 14.4 Å². The van der Waals surface area contributed by atoms with Crippen LogP contribution < -0.4 is 4.90 Å². The average Bonchev–Trinajstić information content (AvgIpc) is 2.70. The molecule has 0 aromatic heterocycles. The largest absolute Gasteiger partial charge is 0.338 e. The Morgan fingerprint density at radius 1 is 1.18 bits per heavy atom. The van der Waals surface area contributed by atoms with Gasteiger partial charge in [-0.3, -0.25) is 14.4 Å². The molecule has 0 radical (unpaired) electrons. The predicted molar refractivity (Wildman–Crippen MR) is 104 cm³/mol. The number of carbonyl (C=O) groups excluding carboxylic acids is 3. The number of hydrogen-bond acceptors (Lipinski definition) is 3. The molecule has 1 atom stereocenters. The number of piperidine rings is 1. The molecular formula is C21H26FN3O3. The fourth-order valence-corrected chi connectivity index (χ4v) is 4.01. The van der Waals surface area contributed by atoms with E-state index in [1.54, 1.807) is 40.7 Å². The lowest BCUT2D eigenvalue weighted by molar-refractivity contribution is -0.152. The van der Waals surface area contributed by atoms with E-state index >= 15 is 0 Å². The van der Waals surface area contributed by atoms with Crippen molar-refractivity contribution in [3.05, 3.63) is 42.7 Å². The second kappa shape index (κ2) is 7.73. The summed E-state index contributed by atoms with van der Waals surface area (Å²) < 4.78 is 13.2. The van der Waals surface area contributed by atoms with Gasteiger partial charge in [0.1, 0.15) is 11.4 Å². The topological polar surface area (TPSA) is 60.9 Å². The molecule has 0 bridgehead atoms. The third-order valence-electron chi connectivity index (χ3n) is 5.65. The molecular weight excluding hydrogens is 361 g/mol. The van der Waals surface area contributed by atoms with Crippen LogP contribution >= 0.6 is 0 Å². The highest BCUT2D eigenvalue weighted by Gasteiger charge is 2.46. The van der Waals surface area contributed by atoms with Crippen molar-refractivity contribution in [2.75, 3.05) is 31.1 Å². The first-order valence-corrected chi connectivity index (χ1v) is 9.56. The molecule has 1 unspecified atom stereocenters. The predicted octanol–water partition coefficient (Wildman–Crippen LogP) is 2.20. The second-order valence-corrected chi connectivity index (χ2v) is 7.81. The molecule has 3 rings (SSSR count). The van der Waals surface area contributed by atoms with Gasteiger partial charge in [0.2, 0.25) is 11.8 Å². The van der Waals surface area contributed by atoms with Crippen LogP contribution in [0, 0.1) is 11.7 Å². The number of rotatable bonds is 3. The van der Waals surface area contributed by atoms with Crippen molar-refractivity contribution in [3.63, 3.8) is 0 Å². The first kappa shape index (κ1) is 20.0. The van der Waals surface area contributed by atoms with Gasteiger partial charge in [-0.15, -0.1) is 0 Å². The number of piperazine rings is 1. The van der Waals surface area contributed by atoms with Gasteiger partial charge in [-0.05, 0) is 57.0 Å².